The number of benzene rings is 1. The van der Waals surface area contributed by atoms with E-state index in [1.54, 1.807) is 6.07 Å². The summed E-state index contributed by atoms with van der Waals surface area (Å²) in [5.41, 5.74) is 0. The van der Waals surface area contributed by atoms with Crippen LogP contribution < -0.4 is 9.39 Å². The number of phenolic OH excluding ortho intramolecular Hbond substituents is 1. The number of ether oxygens (including phenoxy) is 1. The van der Waals surface area contributed by atoms with Crippen LogP contribution in [-0.4, -0.2) is 24.9 Å². The van der Waals surface area contributed by atoms with Crippen molar-refractivity contribution in [2.45, 2.75) is 0 Å². The van der Waals surface area contributed by atoms with Crippen LogP contribution in [0.3, 0.4) is 0 Å². The standard InChI is InChI=1S/C7H8BO4/c1-11-5-2-3-7(12-8-10)6(9)4-5/h2-4,9-10H,1H3. The molecule has 12 heavy (non-hydrogen) atoms. The van der Waals surface area contributed by atoms with Gasteiger partial charge in [-0.1, -0.05) is 0 Å². The molecule has 2 N–H and O–H groups in total. The zero-order chi connectivity index (χ0) is 8.97. The molecule has 0 saturated heterocycles. The summed E-state index contributed by atoms with van der Waals surface area (Å²) in [6, 6.07) is 4.48. The number of hydrogen-bond acceptors (Lipinski definition) is 4. The smallest absolute Gasteiger partial charge is 0.535 e. The zero-order valence-electron chi connectivity index (χ0n) is 6.52. The second-order valence-electron chi connectivity index (χ2n) is 2.06. The molecule has 1 aromatic carbocycles. The topological polar surface area (TPSA) is 58.9 Å². The van der Waals surface area contributed by atoms with Crippen molar-refractivity contribution in [2.24, 2.45) is 0 Å². The van der Waals surface area contributed by atoms with Crippen LogP contribution in [0.1, 0.15) is 0 Å². The third-order valence-electron chi connectivity index (χ3n) is 1.35. The van der Waals surface area contributed by atoms with Crippen molar-refractivity contribution in [3.63, 3.8) is 0 Å². The lowest BCUT2D eigenvalue weighted by Crippen LogP contribution is -1.99. The lowest BCUT2D eigenvalue weighted by atomic mass is 10.3. The lowest BCUT2D eigenvalue weighted by Gasteiger charge is -2.05. The fraction of sp³-hybridized carbons (Fsp3) is 0.143. The molecule has 0 unspecified atom stereocenters. The highest BCUT2D eigenvalue weighted by Gasteiger charge is 2.03. The minimum absolute atomic E-state index is 0.0837. The van der Waals surface area contributed by atoms with Crippen molar-refractivity contribution in [2.75, 3.05) is 7.11 Å². The second-order valence-corrected chi connectivity index (χ2v) is 2.06. The molecular formula is C7H8BO4. The van der Waals surface area contributed by atoms with Gasteiger partial charge in [0.15, 0.2) is 5.75 Å². The van der Waals surface area contributed by atoms with Crippen molar-refractivity contribution in [3.8, 4) is 17.2 Å². The molecule has 1 radical (unpaired) electrons. The van der Waals surface area contributed by atoms with E-state index in [1.807, 2.05) is 0 Å². The molecule has 0 aliphatic rings. The molecule has 5 heteroatoms. The zero-order valence-corrected chi connectivity index (χ0v) is 6.52. The Morgan fingerprint density at radius 1 is 1.42 bits per heavy atom. The highest BCUT2D eigenvalue weighted by Crippen LogP contribution is 2.29. The van der Waals surface area contributed by atoms with Crippen LogP contribution in [0.2, 0.25) is 0 Å². The van der Waals surface area contributed by atoms with Crippen LogP contribution in [-0.2, 0) is 0 Å². The average molecular weight is 167 g/mol. The summed E-state index contributed by atoms with van der Waals surface area (Å²) in [6.07, 6.45) is 0. The minimum atomic E-state index is -0.0837. The minimum Gasteiger partial charge on any atom is -0.535 e. The Bertz CT molecular complexity index is 264. The quantitative estimate of drug-likeness (QED) is 0.635. The molecule has 0 atom stereocenters. The molecule has 0 aliphatic heterocycles. The average Bonchev–Trinajstić information content (AvgIpc) is 2.09. The first-order valence-electron chi connectivity index (χ1n) is 3.27. The molecule has 4 nitrogen and oxygen atoms in total. The van der Waals surface area contributed by atoms with Gasteiger partial charge >= 0.3 is 7.69 Å². The van der Waals surface area contributed by atoms with Gasteiger partial charge in [-0.15, -0.1) is 0 Å². The van der Waals surface area contributed by atoms with Gasteiger partial charge in [0, 0.05) is 6.07 Å². The number of phenols is 1. The summed E-state index contributed by atoms with van der Waals surface area (Å²) < 4.78 is 9.40. The van der Waals surface area contributed by atoms with Crippen molar-refractivity contribution in [1.82, 2.24) is 0 Å². The first-order chi connectivity index (χ1) is 5.77. The van der Waals surface area contributed by atoms with Crippen molar-refractivity contribution < 1.29 is 19.5 Å². The van der Waals surface area contributed by atoms with Gasteiger partial charge in [0.1, 0.15) is 11.5 Å². The maximum atomic E-state index is 9.22. The van der Waals surface area contributed by atoms with E-state index in [0.717, 1.165) is 0 Å². The molecule has 0 bridgehead atoms. The normalized spacial score (nSPS) is 9.17. The molecule has 0 spiro atoms. The molecule has 1 aromatic rings. The van der Waals surface area contributed by atoms with Crippen LogP contribution in [0.5, 0.6) is 17.2 Å². The molecule has 0 amide bonds. The second kappa shape index (κ2) is 3.87. The maximum absolute atomic E-state index is 9.22. The largest absolute Gasteiger partial charge is 0.569 e. The van der Waals surface area contributed by atoms with Crippen LogP contribution in [0.15, 0.2) is 18.2 Å². The predicted molar refractivity (Wildman–Crippen MR) is 43.3 cm³/mol. The van der Waals surface area contributed by atoms with E-state index < -0.39 is 0 Å². The van der Waals surface area contributed by atoms with E-state index in [-0.39, 0.29) is 11.5 Å². The fourth-order valence-electron chi connectivity index (χ4n) is 0.781. The Kier molecular flexibility index (Phi) is 2.82. The van der Waals surface area contributed by atoms with Crippen LogP contribution in [0.25, 0.3) is 0 Å². The van der Waals surface area contributed by atoms with E-state index in [4.69, 9.17) is 9.76 Å². The van der Waals surface area contributed by atoms with E-state index in [2.05, 4.69) is 4.65 Å². The summed E-state index contributed by atoms with van der Waals surface area (Å²) in [6.45, 7) is 0. The molecular weight excluding hydrogens is 159 g/mol. The summed E-state index contributed by atoms with van der Waals surface area (Å²) in [5, 5.41) is 17.5. The van der Waals surface area contributed by atoms with Gasteiger partial charge in [-0.3, -0.25) is 0 Å². The highest BCUT2D eigenvalue weighted by molar-refractivity contribution is 6.17. The van der Waals surface area contributed by atoms with Gasteiger partial charge in [0.25, 0.3) is 0 Å². The van der Waals surface area contributed by atoms with Gasteiger partial charge in [-0.25, -0.2) is 0 Å². The summed E-state index contributed by atoms with van der Waals surface area (Å²) in [5.74, 6) is 0.621. The Labute approximate surface area is 70.7 Å². The van der Waals surface area contributed by atoms with Gasteiger partial charge in [-0.2, -0.15) is 0 Å². The first kappa shape index (κ1) is 8.74. The Morgan fingerprint density at radius 2 is 2.17 bits per heavy atom. The summed E-state index contributed by atoms with van der Waals surface area (Å²) in [4.78, 5) is 0. The Balaban J connectivity index is 2.87. The molecule has 63 valence electrons. The number of rotatable bonds is 3. The van der Waals surface area contributed by atoms with E-state index in [1.165, 1.54) is 19.2 Å². The Morgan fingerprint density at radius 3 is 2.67 bits per heavy atom. The molecule has 0 aliphatic carbocycles. The van der Waals surface area contributed by atoms with Gasteiger partial charge in [0.2, 0.25) is 0 Å². The van der Waals surface area contributed by atoms with Gasteiger partial charge in [-0.05, 0) is 12.1 Å². The first-order valence-corrected chi connectivity index (χ1v) is 3.27. The number of hydrogen-bond donors (Lipinski definition) is 2. The molecule has 1 rings (SSSR count). The summed E-state index contributed by atoms with van der Waals surface area (Å²) in [7, 11) is 2.00. The summed E-state index contributed by atoms with van der Waals surface area (Å²) >= 11 is 0. The van der Waals surface area contributed by atoms with Gasteiger partial charge in [0.05, 0.1) is 7.11 Å². The fourth-order valence-corrected chi connectivity index (χ4v) is 0.781. The molecule has 0 fully saturated rings. The van der Waals surface area contributed by atoms with Crippen LogP contribution in [0, 0.1) is 0 Å². The van der Waals surface area contributed by atoms with E-state index >= 15 is 0 Å². The number of aromatic hydroxyl groups is 1. The SMILES string of the molecule is COc1ccc(O[B]O)c(O)c1. The van der Waals surface area contributed by atoms with Crippen LogP contribution >= 0.6 is 0 Å². The van der Waals surface area contributed by atoms with Crippen molar-refractivity contribution in [1.29, 1.82) is 0 Å². The lowest BCUT2D eigenvalue weighted by molar-refractivity contribution is 0.392. The van der Waals surface area contributed by atoms with Gasteiger partial charge < -0.3 is 19.5 Å². The highest BCUT2D eigenvalue weighted by atomic mass is 16.5. The van der Waals surface area contributed by atoms with Crippen molar-refractivity contribution in [3.05, 3.63) is 18.2 Å². The molecule has 0 aromatic heterocycles. The van der Waals surface area contributed by atoms with E-state index in [0.29, 0.717) is 13.4 Å². The number of methoxy groups -OCH3 is 1. The van der Waals surface area contributed by atoms with E-state index in [9.17, 15) is 5.11 Å². The third kappa shape index (κ3) is 1.82. The predicted octanol–water partition coefficient (Wildman–Crippen LogP) is 0.306. The Hall–Kier alpha value is -1.36. The third-order valence-corrected chi connectivity index (χ3v) is 1.35. The monoisotopic (exact) mass is 167 g/mol. The molecule has 0 saturated carbocycles. The van der Waals surface area contributed by atoms with Crippen LogP contribution in [0.4, 0.5) is 0 Å². The van der Waals surface area contributed by atoms with Crippen molar-refractivity contribution >= 4 is 7.69 Å². The molecule has 0 heterocycles. The maximum Gasteiger partial charge on any atom is 0.569 e.